The summed E-state index contributed by atoms with van der Waals surface area (Å²) in [5.41, 5.74) is 10.1. The second-order valence-corrected chi connectivity index (χ2v) is 16.0. The quantitative estimate of drug-likeness (QED) is 0.0967. The van der Waals surface area contributed by atoms with Crippen LogP contribution >= 0.6 is 0 Å². The molecular weight excluding hydrogens is 693 g/mol. The molecule has 0 radical (unpaired) electrons. The molecule has 4 fully saturated rings. The molecule has 3 heterocycles. The number of benzene rings is 2. The average molecular weight is 743 g/mol. The normalized spacial score (nSPS) is 21.1. The highest BCUT2D eigenvalue weighted by atomic mass is 16.4. The molecule has 4 aliphatic rings. The molecule has 0 spiro atoms. The van der Waals surface area contributed by atoms with Crippen LogP contribution in [-0.2, 0) is 17.9 Å². The Morgan fingerprint density at radius 1 is 0.764 bits per heavy atom. The van der Waals surface area contributed by atoms with Crippen molar-refractivity contribution >= 4 is 29.2 Å². The first kappa shape index (κ1) is 37.0. The molecular formula is C44H50N6O5. The van der Waals surface area contributed by atoms with Gasteiger partial charge in [-0.2, -0.15) is 0 Å². The van der Waals surface area contributed by atoms with E-state index < -0.39 is 12.0 Å². The van der Waals surface area contributed by atoms with Gasteiger partial charge in [0.15, 0.2) is 0 Å². The number of carboxylic acids is 1. The second-order valence-electron chi connectivity index (χ2n) is 16.0. The Kier molecular flexibility index (Phi) is 10.5. The first-order valence-electron chi connectivity index (χ1n) is 19.8. The van der Waals surface area contributed by atoms with Crippen molar-refractivity contribution in [3.05, 3.63) is 106 Å². The van der Waals surface area contributed by atoms with Gasteiger partial charge in [-0.15, -0.1) is 0 Å². The molecule has 1 saturated heterocycles. The van der Waals surface area contributed by atoms with E-state index >= 15 is 0 Å². The fourth-order valence-electron chi connectivity index (χ4n) is 8.26. The van der Waals surface area contributed by atoms with Crippen molar-refractivity contribution < 1.29 is 24.6 Å². The summed E-state index contributed by atoms with van der Waals surface area (Å²) in [6.45, 7) is 5.90. The van der Waals surface area contributed by atoms with Crippen molar-refractivity contribution in [2.75, 3.05) is 17.2 Å². The number of anilines is 2. The summed E-state index contributed by atoms with van der Waals surface area (Å²) in [6, 6.07) is 15.3. The zero-order valence-corrected chi connectivity index (χ0v) is 31.6. The van der Waals surface area contributed by atoms with Crippen molar-refractivity contribution in [1.29, 1.82) is 0 Å². The first-order chi connectivity index (χ1) is 26.6. The molecule has 11 nitrogen and oxygen atoms in total. The molecule has 0 bridgehead atoms. The third kappa shape index (κ3) is 8.20. The zero-order chi connectivity index (χ0) is 38.2. The molecule has 11 heteroatoms. The molecule has 0 unspecified atom stereocenters. The highest BCUT2D eigenvalue weighted by molar-refractivity contribution is 6.05. The van der Waals surface area contributed by atoms with Gasteiger partial charge in [-0.05, 0) is 152 Å². The fourth-order valence-corrected chi connectivity index (χ4v) is 8.26. The molecule has 8 rings (SSSR count). The summed E-state index contributed by atoms with van der Waals surface area (Å²) in [6.07, 6.45) is 11.8. The molecule has 2 aromatic heterocycles. The third-order valence-corrected chi connectivity index (χ3v) is 12.0. The number of aliphatic hydroxyl groups is 1. The molecule has 4 aromatic rings. The number of piperidine rings is 1. The Hall–Kier alpha value is -4.97. The lowest BCUT2D eigenvalue weighted by Gasteiger charge is -2.33. The predicted molar refractivity (Wildman–Crippen MR) is 211 cm³/mol. The summed E-state index contributed by atoms with van der Waals surface area (Å²) in [5.74, 6) is -0.521. The van der Waals surface area contributed by atoms with Gasteiger partial charge in [-0.25, -0.2) is 0 Å². The number of carbonyl (C=O) groups excluding carboxylic acids is 2. The van der Waals surface area contributed by atoms with E-state index in [1.54, 1.807) is 6.20 Å². The number of rotatable bonds is 13. The Morgan fingerprint density at radius 2 is 1.31 bits per heavy atom. The van der Waals surface area contributed by atoms with Gasteiger partial charge in [-0.1, -0.05) is 30.7 Å². The number of aliphatic hydroxyl groups excluding tert-OH is 1. The summed E-state index contributed by atoms with van der Waals surface area (Å²) in [7, 11) is 0. The number of carbonyl (C=O) groups is 3. The lowest BCUT2D eigenvalue weighted by atomic mass is 9.89. The van der Waals surface area contributed by atoms with Gasteiger partial charge in [0.25, 0.3) is 11.8 Å². The van der Waals surface area contributed by atoms with Gasteiger partial charge in [0.1, 0.15) is 17.4 Å². The summed E-state index contributed by atoms with van der Waals surface area (Å²) < 4.78 is 0. The lowest BCUT2D eigenvalue weighted by molar-refractivity contribution is -0.144. The molecule has 2 amide bonds. The number of hydrogen-bond donors (Lipinski definition) is 5. The highest BCUT2D eigenvalue weighted by Gasteiger charge is 2.33. The Balaban J connectivity index is 0.968. The van der Waals surface area contributed by atoms with Crippen LogP contribution in [0, 0.1) is 13.8 Å². The van der Waals surface area contributed by atoms with Crippen LogP contribution in [0.2, 0.25) is 0 Å². The maximum absolute atomic E-state index is 13.7. The summed E-state index contributed by atoms with van der Waals surface area (Å²) >= 11 is 0. The minimum absolute atomic E-state index is 0.207. The molecule has 286 valence electrons. The molecule has 5 N–H and O–H groups in total. The lowest BCUT2D eigenvalue weighted by Crippen LogP contribution is -2.44. The van der Waals surface area contributed by atoms with Crippen LogP contribution in [-0.4, -0.2) is 67.6 Å². The summed E-state index contributed by atoms with van der Waals surface area (Å²) in [4.78, 5) is 50.4. The van der Waals surface area contributed by atoms with E-state index in [1.165, 1.54) is 5.56 Å². The number of aliphatic carboxylic acids is 1. The van der Waals surface area contributed by atoms with Crippen molar-refractivity contribution in [1.82, 2.24) is 20.2 Å². The van der Waals surface area contributed by atoms with Gasteiger partial charge in [0, 0.05) is 42.9 Å². The number of nitrogens with one attached hydrogen (secondary N) is 3. The van der Waals surface area contributed by atoms with Crippen molar-refractivity contribution in [2.45, 2.75) is 115 Å². The number of nitrogens with zero attached hydrogens (tertiary/aromatic N) is 3. The van der Waals surface area contributed by atoms with E-state index in [0.29, 0.717) is 60.2 Å². The fraction of sp³-hybridized carbons (Fsp3) is 0.432. The Labute approximate surface area is 322 Å². The summed E-state index contributed by atoms with van der Waals surface area (Å²) in [5, 5.41) is 29.2. The van der Waals surface area contributed by atoms with Crippen LogP contribution in [0.25, 0.3) is 11.1 Å². The SMILES string of the molecule is Cc1c(NC(=O)c2cc(C3CC3)c(CN[C@H]3C[C@@H](O)C3)cn2)cccc1-c1cccc(NC(=O)c2cc(C3CC3)c(CN3CCCC[C@H]3C(=O)O)cn2)c1C. The third-order valence-electron chi connectivity index (χ3n) is 12.0. The number of carboxylic acid groups (broad SMARTS) is 1. The molecule has 3 aliphatic carbocycles. The van der Waals surface area contributed by atoms with Crippen LogP contribution in [0.4, 0.5) is 11.4 Å². The molecule has 3 saturated carbocycles. The number of pyridine rings is 2. The minimum Gasteiger partial charge on any atom is -0.480 e. The molecule has 1 aliphatic heterocycles. The second kappa shape index (κ2) is 15.6. The average Bonchev–Trinajstić information content (AvgIpc) is 4.10. The van der Waals surface area contributed by atoms with E-state index in [4.69, 9.17) is 0 Å². The monoisotopic (exact) mass is 742 g/mol. The van der Waals surface area contributed by atoms with Crippen molar-refractivity contribution in [3.8, 4) is 11.1 Å². The van der Waals surface area contributed by atoms with Crippen molar-refractivity contribution in [2.24, 2.45) is 0 Å². The molecule has 55 heavy (non-hydrogen) atoms. The highest BCUT2D eigenvalue weighted by Crippen LogP contribution is 2.43. The number of aromatic nitrogens is 2. The van der Waals surface area contributed by atoms with Crippen LogP contribution < -0.4 is 16.0 Å². The standard InChI is InChI=1S/C44H50N6O5/c1-25-33(7-5-9-37(25)48-42(52)39-19-35(27-12-13-27)29(22-46-39)21-45-31-17-32(51)18-31)34-8-6-10-38(26(34)2)49-43(53)40-20-36(28-14-15-28)30(23-47-40)24-50-16-4-3-11-41(50)44(54)55/h5-10,19-20,22-23,27-28,31-32,41,45,51H,3-4,11-18,21,24H2,1-2H3,(H,48,52)(H,49,53)(H,54,55)/t31-,32+,41-/m0/s1. The zero-order valence-electron chi connectivity index (χ0n) is 31.6. The molecule has 1 atom stereocenters. The smallest absolute Gasteiger partial charge is 0.320 e. The van der Waals surface area contributed by atoms with Gasteiger partial charge in [0.05, 0.1) is 6.10 Å². The topological polar surface area (TPSA) is 157 Å². The first-order valence-corrected chi connectivity index (χ1v) is 19.8. The number of hydrogen-bond acceptors (Lipinski definition) is 8. The Morgan fingerprint density at radius 3 is 1.84 bits per heavy atom. The van der Waals surface area contributed by atoms with E-state index in [0.717, 1.165) is 96.9 Å². The largest absolute Gasteiger partial charge is 0.480 e. The number of amides is 2. The van der Waals surface area contributed by atoms with E-state index in [1.807, 2.05) is 73.5 Å². The van der Waals surface area contributed by atoms with Crippen LogP contribution in [0.1, 0.15) is 124 Å². The maximum Gasteiger partial charge on any atom is 0.320 e. The molecule has 2 aromatic carbocycles. The van der Waals surface area contributed by atoms with Crippen LogP contribution in [0.3, 0.4) is 0 Å². The van der Waals surface area contributed by atoms with E-state index in [2.05, 4.69) is 25.9 Å². The van der Waals surface area contributed by atoms with Crippen LogP contribution in [0.5, 0.6) is 0 Å². The maximum atomic E-state index is 13.7. The number of likely N-dealkylation sites (tertiary alicyclic amines) is 1. The van der Waals surface area contributed by atoms with E-state index in [9.17, 15) is 24.6 Å². The van der Waals surface area contributed by atoms with Gasteiger partial charge in [-0.3, -0.25) is 29.3 Å². The Bertz CT molecular complexity index is 2120. The minimum atomic E-state index is -0.780. The van der Waals surface area contributed by atoms with Crippen molar-refractivity contribution in [3.63, 3.8) is 0 Å². The predicted octanol–water partition coefficient (Wildman–Crippen LogP) is 7.07. The van der Waals surface area contributed by atoms with Gasteiger partial charge < -0.3 is 26.2 Å². The van der Waals surface area contributed by atoms with E-state index in [-0.39, 0.29) is 17.9 Å². The van der Waals surface area contributed by atoms with Gasteiger partial charge >= 0.3 is 5.97 Å². The van der Waals surface area contributed by atoms with Gasteiger partial charge in [0.2, 0.25) is 0 Å². The van der Waals surface area contributed by atoms with Crippen LogP contribution in [0.15, 0.2) is 60.9 Å².